The zero-order chi connectivity index (χ0) is 27.2. The summed E-state index contributed by atoms with van der Waals surface area (Å²) in [5.41, 5.74) is 1.16. The van der Waals surface area contributed by atoms with Gasteiger partial charge in [-0.3, -0.25) is 9.59 Å². The van der Waals surface area contributed by atoms with Crippen LogP contribution in [0.15, 0.2) is 69.9 Å². The van der Waals surface area contributed by atoms with Crippen LogP contribution in [0, 0.1) is 5.82 Å². The van der Waals surface area contributed by atoms with Crippen molar-refractivity contribution >= 4 is 14.2 Å². The highest BCUT2D eigenvalue weighted by atomic mass is 28.4. The molecule has 8 heteroatoms. The van der Waals surface area contributed by atoms with Crippen molar-refractivity contribution in [2.24, 2.45) is 0 Å². The molecule has 0 unspecified atom stereocenters. The first kappa shape index (κ1) is 28.3. The van der Waals surface area contributed by atoms with Crippen molar-refractivity contribution in [3.8, 4) is 5.75 Å². The van der Waals surface area contributed by atoms with Crippen LogP contribution in [0.25, 0.3) is 0 Å². The Morgan fingerprint density at radius 1 is 1.00 bits per heavy atom. The number of amides is 1. The van der Waals surface area contributed by atoms with Crippen molar-refractivity contribution in [2.45, 2.75) is 65.6 Å². The molecule has 0 atom stereocenters. The third-order valence-corrected chi connectivity index (χ3v) is 11.2. The summed E-state index contributed by atoms with van der Waals surface area (Å²) in [5.74, 6) is -0.872. The van der Waals surface area contributed by atoms with Gasteiger partial charge in [0.15, 0.2) is 8.32 Å². The molecule has 0 aliphatic carbocycles. The van der Waals surface area contributed by atoms with Gasteiger partial charge in [0.05, 0.1) is 6.61 Å². The molecule has 1 heterocycles. The van der Waals surface area contributed by atoms with E-state index in [4.69, 9.17) is 13.6 Å². The summed E-state index contributed by atoms with van der Waals surface area (Å²) in [6.45, 7) is 13.2. The number of hydrogen-bond donors (Lipinski definition) is 0. The summed E-state index contributed by atoms with van der Waals surface area (Å²) >= 11 is 0. The zero-order valence-electron chi connectivity index (χ0n) is 22.5. The topological polar surface area (TPSA) is 69.0 Å². The SMILES string of the molecule is CCN(Cc1ccc(F)cc1)C(=O)c1oc(CO[Si](C)(C)C(C)(C)C)cc(=O)c1OCc1ccccc1. The molecule has 6 nitrogen and oxygen atoms in total. The van der Waals surface area contributed by atoms with Gasteiger partial charge in [-0.05, 0) is 48.3 Å². The largest absolute Gasteiger partial charge is 0.481 e. The van der Waals surface area contributed by atoms with E-state index in [2.05, 4.69) is 33.9 Å². The quantitative estimate of drug-likeness (QED) is 0.281. The third-order valence-electron chi connectivity index (χ3n) is 6.71. The molecule has 3 aromatic rings. The predicted molar refractivity (Wildman–Crippen MR) is 145 cm³/mol. The molecular weight excluding hydrogens is 489 g/mol. The Morgan fingerprint density at radius 3 is 2.24 bits per heavy atom. The lowest BCUT2D eigenvalue weighted by atomic mass is 10.2. The maximum absolute atomic E-state index is 13.7. The molecule has 0 saturated heterocycles. The fraction of sp³-hybridized carbons (Fsp3) is 0.379. The van der Waals surface area contributed by atoms with E-state index >= 15 is 0 Å². The molecule has 0 aliphatic heterocycles. The normalized spacial score (nSPS) is 11.9. The van der Waals surface area contributed by atoms with Gasteiger partial charge >= 0.3 is 0 Å². The number of carbonyl (C=O) groups is 1. The van der Waals surface area contributed by atoms with Gasteiger partial charge in [-0.15, -0.1) is 0 Å². The van der Waals surface area contributed by atoms with Crippen molar-refractivity contribution in [1.82, 2.24) is 4.90 Å². The first-order chi connectivity index (χ1) is 17.4. The number of hydrogen-bond acceptors (Lipinski definition) is 5. The average molecular weight is 526 g/mol. The van der Waals surface area contributed by atoms with Crippen molar-refractivity contribution in [3.05, 3.63) is 99.4 Å². The smallest absolute Gasteiger partial charge is 0.293 e. The molecule has 1 aromatic heterocycles. The van der Waals surface area contributed by atoms with E-state index in [0.29, 0.717) is 6.54 Å². The summed E-state index contributed by atoms with van der Waals surface area (Å²) in [4.78, 5) is 28.4. The number of nitrogens with zero attached hydrogens (tertiary/aromatic N) is 1. The molecule has 0 radical (unpaired) electrons. The van der Waals surface area contributed by atoms with Crippen LogP contribution in [0.4, 0.5) is 4.39 Å². The summed E-state index contributed by atoms with van der Waals surface area (Å²) in [5, 5.41) is -0.0289. The van der Waals surface area contributed by atoms with Crippen molar-refractivity contribution in [2.75, 3.05) is 6.54 Å². The highest BCUT2D eigenvalue weighted by Gasteiger charge is 2.37. The number of halogens is 1. The Kier molecular flexibility index (Phi) is 9.10. The van der Waals surface area contributed by atoms with Gasteiger partial charge < -0.3 is 18.5 Å². The second kappa shape index (κ2) is 11.9. The van der Waals surface area contributed by atoms with Crippen LogP contribution >= 0.6 is 0 Å². The maximum atomic E-state index is 13.7. The molecule has 0 saturated carbocycles. The molecule has 1 amide bonds. The maximum Gasteiger partial charge on any atom is 0.293 e. The fourth-order valence-electron chi connectivity index (χ4n) is 3.36. The van der Waals surface area contributed by atoms with Crippen LogP contribution in [0.5, 0.6) is 5.75 Å². The Bertz CT molecular complexity index is 1250. The number of ether oxygens (including phenoxy) is 1. The number of carbonyl (C=O) groups excluding carboxylic acids is 1. The molecule has 0 N–H and O–H groups in total. The van der Waals surface area contributed by atoms with Crippen molar-refractivity contribution in [3.63, 3.8) is 0 Å². The Balaban J connectivity index is 1.94. The van der Waals surface area contributed by atoms with Gasteiger partial charge in [-0.2, -0.15) is 0 Å². The molecule has 0 aliphatic rings. The van der Waals surface area contributed by atoms with Gasteiger partial charge in [0.2, 0.25) is 16.9 Å². The van der Waals surface area contributed by atoms with Crippen LogP contribution in [0.1, 0.15) is 55.1 Å². The van der Waals surface area contributed by atoms with E-state index in [0.717, 1.165) is 11.1 Å². The molecular formula is C29H36FNO5Si. The highest BCUT2D eigenvalue weighted by molar-refractivity contribution is 6.74. The molecule has 0 fully saturated rings. The van der Waals surface area contributed by atoms with Crippen molar-refractivity contribution in [1.29, 1.82) is 0 Å². The first-order valence-electron chi connectivity index (χ1n) is 12.4. The monoisotopic (exact) mass is 525 g/mol. The second-order valence-electron chi connectivity index (χ2n) is 10.5. The first-order valence-corrected chi connectivity index (χ1v) is 15.3. The Morgan fingerprint density at radius 2 is 1.65 bits per heavy atom. The summed E-state index contributed by atoms with van der Waals surface area (Å²) in [6, 6.07) is 16.7. The molecule has 37 heavy (non-hydrogen) atoms. The minimum absolute atomic E-state index is 0.0289. The number of benzene rings is 2. The standard InChI is InChI=1S/C29H36FNO5Si/c1-7-31(18-21-13-15-23(30)16-14-21)28(33)27-26(34-19-22-11-9-8-10-12-22)25(32)17-24(36-27)20-35-37(5,6)29(2,3)4/h8-17H,7,18-20H2,1-6H3. The predicted octanol–water partition coefficient (Wildman–Crippen LogP) is 6.54. The van der Waals surface area contributed by atoms with Gasteiger partial charge in [0, 0.05) is 19.2 Å². The second-order valence-corrected chi connectivity index (χ2v) is 15.3. The van der Waals surface area contributed by atoms with Crippen LogP contribution in [-0.4, -0.2) is 25.7 Å². The Labute approximate surface area is 219 Å². The summed E-state index contributed by atoms with van der Waals surface area (Å²) < 4.78 is 31.5. The van der Waals surface area contributed by atoms with E-state index in [1.807, 2.05) is 37.3 Å². The molecule has 0 bridgehead atoms. The minimum Gasteiger partial charge on any atom is -0.481 e. The van der Waals surface area contributed by atoms with Crippen LogP contribution in [0.2, 0.25) is 18.1 Å². The van der Waals surface area contributed by atoms with Gasteiger partial charge in [0.1, 0.15) is 18.2 Å². The fourth-order valence-corrected chi connectivity index (χ4v) is 4.29. The molecule has 3 rings (SSSR count). The minimum atomic E-state index is -2.13. The van der Waals surface area contributed by atoms with E-state index < -0.39 is 19.7 Å². The van der Waals surface area contributed by atoms with E-state index in [1.165, 1.54) is 23.1 Å². The Hall–Kier alpha value is -3.23. The third kappa shape index (κ3) is 7.39. The van der Waals surface area contributed by atoms with E-state index in [9.17, 15) is 14.0 Å². The molecule has 2 aromatic carbocycles. The van der Waals surface area contributed by atoms with E-state index in [-0.39, 0.29) is 47.9 Å². The van der Waals surface area contributed by atoms with Gasteiger partial charge in [-0.25, -0.2) is 4.39 Å². The molecule has 0 spiro atoms. The summed E-state index contributed by atoms with van der Waals surface area (Å²) in [6.07, 6.45) is 0. The average Bonchev–Trinajstić information content (AvgIpc) is 2.85. The van der Waals surface area contributed by atoms with Gasteiger partial charge in [-0.1, -0.05) is 63.2 Å². The van der Waals surface area contributed by atoms with Crippen molar-refractivity contribution < 1.29 is 22.8 Å². The van der Waals surface area contributed by atoms with Crippen LogP contribution in [-0.2, 0) is 24.2 Å². The van der Waals surface area contributed by atoms with Crippen LogP contribution < -0.4 is 10.2 Å². The highest BCUT2D eigenvalue weighted by Crippen LogP contribution is 2.37. The zero-order valence-corrected chi connectivity index (χ0v) is 23.5. The summed E-state index contributed by atoms with van der Waals surface area (Å²) in [7, 11) is -2.13. The van der Waals surface area contributed by atoms with Crippen LogP contribution in [0.3, 0.4) is 0 Å². The lowest BCUT2D eigenvalue weighted by Crippen LogP contribution is -2.40. The molecule has 198 valence electrons. The lowest BCUT2D eigenvalue weighted by Gasteiger charge is -2.35. The lowest BCUT2D eigenvalue weighted by molar-refractivity contribution is 0.0702. The van der Waals surface area contributed by atoms with E-state index in [1.54, 1.807) is 12.1 Å². The van der Waals surface area contributed by atoms with Gasteiger partial charge in [0.25, 0.3) is 5.91 Å². The number of rotatable bonds is 10.